The first-order chi connectivity index (χ1) is 10.1. The topological polar surface area (TPSA) is 90.2 Å². The van der Waals surface area contributed by atoms with Crippen molar-refractivity contribution in [3.05, 3.63) is 5.82 Å². The number of carbonyl (C=O) groups is 2. The summed E-state index contributed by atoms with van der Waals surface area (Å²) >= 11 is 0. The first-order valence-corrected chi connectivity index (χ1v) is 7.32. The maximum absolute atomic E-state index is 12.3. The molecule has 0 saturated heterocycles. The molecule has 1 fully saturated rings. The zero-order valence-corrected chi connectivity index (χ0v) is 12.5. The lowest BCUT2D eigenvalue weighted by molar-refractivity contribution is -0.133. The molecule has 116 valence electrons. The van der Waals surface area contributed by atoms with E-state index in [9.17, 15) is 9.59 Å². The number of esters is 1. The van der Waals surface area contributed by atoms with Crippen molar-refractivity contribution in [1.82, 2.24) is 25.1 Å². The highest BCUT2D eigenvalue weighted by molar-refractivity contribution is 5.86. The van der Waals surface area contributed by atoms with Gasteiger partial charge in [-0.25, -0.2) is 9.48 Å². The van der Waals surface area contributed by atoms with E-state index in [2.05, 4.69) is 15.5 Å². The van der Waals surface area contributed by atoms with E-state index in [4.69, 9.17) is 4.74 Å². The van der Waals surface area contributed by atoms with Gasteiger partial charge in [0, 0.05) is 13.1 Å². The lowest BCUT2D eigenvalue weighted by Crippen LogP contribution is -2.40. The van der Waals surface area contributed by atoms with Crippen LogP contribution < -0.4 is 0 Å². The fourth-order valence-corrected chi connectivity index (χ4v) is 2.56. The van der Waals surface area contributed by atoms with Gasteiger partial charge in [-0.1, -0.05) is 19.3 Å². The summed E-state index contributed by atoms with van der Waals surface area (Å²) in [6, 6.07) is 0.272. The molecule has 2 rings (SSSR count). The quantitative estimate of drug-likeness (QED) is 0.740. The van der Waals surface area contributed by atoms with E-state index in [0.29, 0.717) is 0 Å². The van der Waals surface area contributed by atoms with Gasteiger partial charge in [-0.15, -0.1) is 5.10 Å². The average molecular weight is 295 g/mol. The lowest BCUT2D eigenvalue weighted by atomic mass is 9.94. The summed E-state index contributed by atoms with van der Waals surface area (Å²) in [5, 5.41) is 10.8. The van der Waals surface area contributed by atoms with Crippen molar-refractivity contribution in [2.45, 2.75) is 51.6 Å². The Balaban J connectivity index is 1.99. The van der Waals surface area contributed by atoms with Crippen LogP contribution in [0.15, 0.2) is 0 Å². The molecule has 0 spiro atoms. The molecule has 0 bridgehead atoms. The van der Waals surface area contributed by atoms with Gasteiger partial charge in [0.05, 0.1) is 6.61 Å². The highest BCUT2D eigenvalue weighted by Gasteiger charge is 2.24. The second kappa shape index (κ2) is 7.14. The largest absolute Gasteiger partial charge is 0.460 e. The average Bonchev–Trinajstić information content (AvgIpc) is 2.95. The molecule has 0 radical (unpaired) electrons. The summed E-state index contributed by atoms with van der Waals surface area (Å²) in [7, 11) is 1.80. The molecule has 0 aromatic carbocycles. The van der Waals surface area contributed by atoms with Crippen molar-refractivity contribution in [3.8, 4) is 0 Å². The van der Waals surface area contributed by atoms with Crippen LogP contribution in [0.25, 0.3) is 0 Å². The summed E-state index contributed by atoms with van der Waals surface area (Å²) in [6.45, 7) is 1.89. The second-order valence-electron chi connectivity index (χ2n) is 5.18. The molecule has 0 N–H and O–H groups in total. The molecule has 8 nitrogen and oxygen atoms in total. The van der Waals surface area contributed by atoms with Crippen LogP contribution in [-0.4, -0.2) is 56.7 Å². The van der Waals surface area contributed by atoms with Crippen molar-refractivity contribution < 1.29 is 14.3 Å². The van der Waals surface area contributed by atoms with Gasteiger partial charge in [-0.3, -0.25) is 4.79 Å². The minimum atomic E-state index is -0.615. The normalized spacial score (nSPS) is 15.7. The smallest absolute Gasteiger partial charge is 0.378 e. The molecule has 1 aliphatic carbocycles. The monoisotopic (exact) mass is 295 g/mol. The van der Waals surface area contributed by atoms with Crippen molar-refractivity contribution in [1.29, 1.82) is 0 Å². The van der Waals surface area contributed by atoms with E-state index in [0.717, 1.165) is 25.7 Å². The zero-order chi connectivity index (χ0) is 15.2. The molecule has 0 unspecified atom stereocenters. The second-order valence-corrected chi connectivity index (χ2v) is 5.18. The third-order valence-corrected chi connectivity index (χ3v) is 3.79. The number of hydrogen-bond acceptors (Lipinski definition) is 6. The van der Waals surface area contributed by atoms with Crippen LogP contribution in [0.2, 0.25) is 0 Å². The van der Waals surface area contributed by atoms with Gasteiger partial charge in [0.15, 0.2) is 0 Å². The predicted octanol–water partition coefficient (Wildman–Crippen LogP) is 0.641. The molecular formula is C13H21N5O3. The van der Waals surface area contributed by atoms with E-state index in [1.54, 1.807) is 18.9 Å². The Kier molecular flexibility index (Phi) is 5.24. The van der Waals surface area contributed by atoms with Gasteiger partial charge in [0.2, 0.25) is 5.91 Å². The maximum atomic E-state index is 12.3. The van der Waals surface area contributed by atoms with Crippen molar-refractivity contribution in [2.75, 3.05) is 13.7 Å². The lowest BCUT2D eigenvalue weighted by Gasteiger charge is -2.31. The highest BCUT2D eigenvalue weighted by Crippen LogP contribution is 2.21. The van der Waals surface area contributed by atoms with Crippen LogP contribution in [0.1, 0.15) is 49.6 Å². The Labute approximate surface area is 123 Å². The number of nitrogens with zero attached hydrogens (tertiary/aromatic N) is 5. The Bertz CT molecular complexity index is 496. The van der Waals surface area contributed by atoms with Gasteiger partial charge in [-0.2, -0.15) is 0 Å². The fourth-order valence-electron chi connectivity index (χ4n) is 2.56. The Morgan fingerprint density at radius 1 is 1.33 bits per heavy atom. The molecule has 0 atom stereocenters. The molecule has 21 heavy (non-hydrogen) atoms. The van der Waals surface area contributed by atoms with Crippen molar-refractivity contribution in [2.24, 2.45) is 0 Å². The number of aromatic nitrogens is 4. The minimum absolute atomic E-state index is 0.0396. The first-order valence-electron chi connectivity index (χ1n) is 7.32. The Morgan fingerprint density at radius 3 is 2.71 bits per heavy atom. The van der Waals surface area contributed by atoms with Crippen LogP contribution in [-0.2, 0) is 16.1 Å². The van der Waals surface area contributed by atoms with E-state index < -0.39 is 5.97 Å². The van der Waals surface area contributed by atoms with E-state index >= 15 is 0 Å². The van der Waals surface area contributed by atoms with Crippen LogP contribution in [0, 0.1) is 0 Å². The van der Waals surface area contributed by atoms with E-state index in [1.165, 1.54) is 11.1 Å². The highest BCUT2D eigenvalue weighted by atomic mass is 16.5. The molecule has 1 aliphatic rings. The van der Waals surface area contributed by atoms with Gasteiger partial charge >= 0.3 is 5.97 Å². The zero-order valence-electron chi connectivity index (χ0n) is 12.5. The molecule has 1 heterocycles. The molecule has 1 saturated carbocycles. The Morgan fingerprint density at radius 2 is 2.05 bits per heavy atom. The fraction of sp³-hybridized carbons (Fsp3) is 0.769. The molecule has 8 heteroatoms. The van der Waals surface area contributed by atoms with Crippen LogP contribution in [0.3, 0.4) is 0 Å². The summed E-state index contributed by atoms with van der Waals surface area (Å²) in [5.74, 6) is -0.752. The number of likely N-dealkylation sites (N-methyl/N-ethyl adjacent to an activating group) is 1. The molecule has 1 aromatic heterocycles. The first kappa shape index (κ1) is 15.4. The van der Waals surface area contributed by atoms with Crippen LogP contribution >= 0.6 is 0 Å². The number of carbonyl (C=O) groups excluding carboxylic acids is 2. The van der Waals surface area contributed by atoms with Crippen molar-refractivity contribution in [3.63, 3.8) is 0 Å². The third-order valence-electron chi connectivity index (χ3n) is 3.79. The number of amides is 1. The molecule has 1 aromatic rings. The number of tetrazole rings is 1. The minimum Gasteiger partial charge on any atom is -0.460 e. The van der Waals surface area contributed by atoms with E-state index in [1.807, 2.05) is 0 Å². The molecule has 0 aliphatic heterocycles. The van der Waals surface area contributed by atoms with Crippen LogP contribution in [0.5, 0.6) is 0 Å². The maximum Gasteiger partial charge on any atom is 0.378 e. The summed E-state index contributed by atoms with van der Waals surface area (Å²) in [4.78, 5) is 25.7. The van der Waals surface area contributed by atoms with Gasteiger partial charge in [0.1, 0.15) is 6.54 Å². The van der Waals surface area contributed by atoms with Crippen molar-refractivity contribution >= 4 is 11.9 Å². The number of hydrogen-bond donors (Lipinski definition) is 0. The van der Waals surface area contributed by atoms with Gasteiger partial charge in [-0.05, 0) is 30.2 Å². The SMILES string of the molecule is CCOC(=O)c1nnnn1CC(=O)N(C)C1CCCCC1. The molecular weight excluding hydrogens is 274 g/mol. The molecule has 1 amide bonds. The number of ether oxygens (including phenoxy) is 1. The standard InChI is InChI=1S/C13H21N5O3/c1-3-21-13(20)12-14-15-16-18(12)9-11(19)17(2)10-7-5-4-6-8-10/h10H,3-9H2,1-2H3. The van der Waals surface area contributed by atoms with Gasteiger partial charge in [0.25, 0.3) is 5.82 Å². The summed E-state index contributed by atoms with van der Waals surface area (Å²) < 4.78 is 6.05. The third kappa shape index (κ3) is 3.77. The van der Waals surface area contributed by atoms with Gasteiger partial charge < -0.3 is 9.64 Å². The summed E-state index contributed by atoms with van der Waals surface area (Å²) in [5.41, 5.74) is 0. The Hall–Kier alpha value is -1.99. The number of rotatable bonds is 5. The predicted molar refractivity (Wildman–Crippen MR) is 73.4 cm³/mol. The summed E-state index contributed by atoms with van der Waals surface area (Å²) in [6.07, 6.45) is 5.60. The van der Waals surface area contributed by atoms with Crippen LogP contribution in [0.4, 0.5) is 0 Å². The van der Waals surface area contributed by atoms with E-state index in [-0.39, 0.29) is 30.9 Å².